The van der Waals surface area contributed by atoms with Crippen LogP contribution in [0.15, 0.2) is 18.2 Å². The Hall–Kier alpha value is -1.92. The molecule has 6 heteroatoms. The van der Waals surface area contributed by atoms with E-state index in [2.05, 4.69) is 15.5 Å². The van der Waals surface area contributed by atoms with Gasteiger partial charge in [-0.05, 0) is 62.8 Å². The fourth-order valence-corrected chi connectivity index (χ4v) is 4.25. The number of rotatable bonds is 7. The standard InChI is InChI=1S/C22H33N3O3/c1-16-8-9-19(13-20(16)24-22(28)18-6-2-3-7-18)21(27)23-10-12-25-11-4-5-17(14-25)15-26/h8-9,13,17-18,26H,2-7,10-12,14-15H2,1H3,(H,23,27)(H,24,28). The minimum atomic E-state index is -0.118. The molecular formula is C22H33N3O3. The van der Waals surface area contributed by atoms with Crippen LogP contribution >= 0.6 is 0 Å². The molecule has 1 unspecified atom stereocenters. The lowest BCUT2D eigenvalue weighted by Crippen LogP contribution is -2.41. The monoisotopic (exact) mass is 387 g/mol. The molecule has 1 saturated heterocycles. The Morgan fingerprint density at radius 3 is 2.71 bits per heavy atom. The Kier molecular flexibility index (Phi) is 7.45. The molecule has 2 fully saturated rings. The lowest BCUT2D eigenvalue weighted by atomic mass is 9.99. The summed E-state index contributed by atoms with van der Waals surface area (Å²) in [5.74, 6) is 0.408. The van der Waals surface area contributed by atoms with Gasteiger partial charge in [0.15, 0.2) is 0 Å². The average molecular weight is 388 g/mol. The molecule has 3 N–H and O–H groups in total. The number of piperidine rings is 1. The summed E-state index contributed by atoms with van der Waals surface area (Å²) in [6.45, 7) is 5.47. The van der Waals surface area contributed by atoms with Crippen molar-refractivity contribution in [1.29, 1.82) is 0 Å². The van der Waals surface area contributed by atoms with Crippen molar-refractivity contribution in [3.05, 3.63) is 29.3 Å². The Bertz CT molecular complexity index is 686. The van der Waals surface area contributed by atoms with Gasteiger partial charge >= 0.3 is 0 Å². The number of anilines is 1. The molecule has 2 amide bonds. The SMILES string of the molecule is Cc1ccc(C(=O)NCCN2CCCC(CO)C2)cc1NC(=O)C1CCCC1. The molecule has 1 saturated carbocycles. The van der Waals surface area contributed by atoms with Gasteiger partial charge in [-0.15, -0.1) is 0 Å². The molecule has 0 bridgehead atoms. The molecule has 0 aromatic heterocycles. The van der Waals surface area contributed by atoms with Gasteiger partial charge in [0.1, 0.15) is 0 Å². The van der Waals surface area contributed by atoms with Gasteiger partial charge < -0.3 is 20.6 Å². The van der Waals surface area contributed by atoms with E-state index in [1.54, 1.807) is 12.1 Å². The number of nitrogens with zero attached hydrogens (tertiary/aromatic N) is 1. The van der Waals surface area contributed by atoms with E-state index in [-0.39, 0.29) is 24.3 Å². The number of aliphatic hydroxyl groups is 1. The van der Waals surface area contributed by atoms with Crippen molar-refractivity contribution >= 4 is 17.5 Å². The van der Waals surface area contributed by atoms with Gasteiger partial charge in [-0.3, -0.25) is 9.59 Å². The predicted octanol–water partition coefficient (Wildman–Crippen LogP) is 2.56. The van der Waals surface area contributed by atoms with Crippen molar-refractivity contribution in [2.45, 2.75) is 45.4 Å². The van der Waals surface area contributed by atoms with Crippen molar-refractivity contribution < 1.29 is 14.7 Å². The van der Waals surface area contributed by atoms with Crippen LogP contribution in [0.4, 0.5) is 5.69 Å². The van der Waals surface area contributed by atoms with Crippen molar-refractivity contribution in [2.75, 3.05) is 38.1 Å². The number of likely N-dealkylation sites (tertiary alicyclic amines) is 1. The molecule has 1 atom stereocenters. The molecule has 1 aliphatic heterocycles. The average Bonchev–Trinajstić information content (AvgIpc) is 3.24. The molecule has 0 spiro atoms. The molecule has 154 valence electrons. The van der Waals surface area contributed by atoms with E-state index in [1.807, 2.05) is 13.0 Å². The summed E-state index contributed by atoms with van der Waals surface area (Å²) in [4.78, 5) is 27.2. The van der Waals surface area contributed by atoms with Gasteiger partial charge in [0, 0.05) is 43.4 Å². The summed E-state index contributed by atoms with van der Waals surface area (Å²) >= 11 is 0. The van der Waals surface area contributed by atoms with E-state index in [9.17, 15) is 14.7 Å². The highest BCUT2D eigenvalue weighted by Gasteiger charge is 2.23. The van der Waals surface area contributed by atoms with Crippen LogP contribution < -0.4 is 10.6 Å². The van der Waals surface area contributed by atoms with Gasteiger partial charge in [0.2, 0.25) is 5.91 Å². The number of aryl methyl sites for hydroxylation is 1. The van der Waals surface area contributed by atoms with E-state index in [4.69, 9.17) is 0 Å². The number of carbonyl (C=O) groups is 2. The van der Waals surface area contributed by atoms with Crippen molar-refractivity contribution in [3.63, 3.8) is 0 Å². The Morgan fingerprint density at radius 1 is 1.18 bits per heavy atom. The van der Waals surface area contributed by atoms with Crippen LogP contribution in [0.1, 0.15) is 54.4 Å². The zero-order valence-electron chi connectivity index (χ0n) is 16.9. The number of hydrogen-bond donors (Lipinski definition) is 3. The molecule has 1 heterocycles. The van der Waals surface area contributed by atoms with Crippen LogP contribution in [0.25, 0.3) is 0 Å². The number of amides is 2. The summed E-state index contributed by atoms with van der Waals surface area (Å²) < 4.78 is 0. The number of carbonyl (C=O) groups excluding carboxylic acids is 2. The first-order valence-corrected chi connectivity index (χ1v) is 10.6. The number of aliphatic hydroxyl groups excluding tert-OH is 1. The summed E-state index contributed by atoms with van der Waals surface area (Å²) in [6.07, 6.45) is 6.34. The second kappa shape index (κ2) is 10.0. The third-order valence-corrected chi connectivity index (χ3v) is 6.06. The maximum absolute atomic E-state index is 12.5. The van der Waals surface area contributed by atoms with Crippen LogP contribution in [0, 0.1) is 18.8 Å². The first-order chi connectivity index (χ1) is 13.6. The number of nitrogens with one attached hydrogen (secondary N) is 2. The molecule has 1 aromatic carbocycles. The third-order valence-electron chi connectivity index (χ3n) is 6.06. The maximum Gasteiger partial charge on any atom is 0.251 e. The lowest BCUT2D eigenvalue weighted by molar-refractivity contribution is -0.119. The molecular weight excluding hydrogens is 354 g/mol. The van der Waals surface area contributed by atoms with E-state index < -0.39 is 0 Å². The minimum Gasteiger partial charge on any atom is -0.396 e. The summed E-state index contributed by atoms with van der Waals surface area (Å²) in [6, 6.07) is 5.47. The molecule has 28 heavy (non-hydrogen) atoms. The molecule has 2 aliphatic rings. The summed E-state index contributed by atoms with van der Waals surface area (Å²) in [5, 5.41) is 15.3. The zero-order valence-corrected chi connectivity index (χ0v) is 16.9. The van der Waals surface area contributed by atoms with Crippen molar-refractivity contribution in [2.24, 2.45) is 11.8 Å². The molecule has 0 radical (unpaired) electrons. The largest absolute Gasteiger partial charge is 0.396 e. The van der Waals surface area contributed by atoms with Gasteiger partial charge in [-0.25, -0.2) is 0 Å². The summed E-state index contributed by atoms with van der Waals surface area (Å²) in [5.41, 5.74) is 2.26. The summed E-state index contributed by atoms with van der Waals surface area (Å²) in [7, 11) is 0. The normalized spacial score (nSPS) is 20.9. The van der Waals surface area contributed by atoms with Crippen molar-refractivity contribution in [1.82, 2.24) is 10.2 Å². The van der Waals surface area contributed by atoms with E-state index in [0.29, 0.717) is 18.0 Å². The van der Waals surface area contributed by atoms with Gasteiger partial charge in [0.25, 0.3) is 5.91 Å². The van der Waals surface area contributed by atoms with Gasteiger partial charge in [-0.1, -0.05) is 18.9 Å². The van der Waals surface area contributed by atoms with Crippen molar-refractivity contribution in [3.8, 4) is 0 Å². The Morgan fingerprint density at radius 2 is 1.96 bits per heavy atom. The van der Waals surface area contributed by atoms with Crippen LogP contribution in [-0.4, -0.2) is 54.6 Å². The quantitative estimate of drug-likeness (QED) is 0.672. The smallest absolute Gasteiger partial charge is 0.251 e. The highest BCUT2D eigenvalue weighted by atomic mass is 16.3. The van der Waals surface area contributed by atoms with E-state index in [0.717, 1.165) is 69.4 Å². The fraction of sp³-hybridized carbons (Fsp3) is 0.636. The maximum atomic E-state index is 12.5. The number of hydrogen-bond acceptors (Lipinski definition) is 4. The molecule has 6 nitrogen and oxygen atoms in total. The van der Waals surface area contributed by atoms with Crippen LogP contribution in [-0.2, 0) is 4.79 Å². The van der Waals surface area contributed by atoms with Crippen LogP contribution in [0.2, 0.25) is 0 Å². The first kappa shape index (κ1) is 20.8. The van der Waals surface area contributed by atoms with E-state index in [1.165, 1.54) is 0 Å². The van der Waals surface area contributed by atoms with Crippen LogP contribution in [0.5, 0.6) is 0 Å². The molecule has 1 aliphatic carbocycles. The molecule has 1 aromatic rings. The second-order valence-electron chi connectivity index (χ2n) is 8.25. The third kappa shape index (κ3) is 5.55. The first-order valence-electron chi connectivity index (χ1n) is 10.6. The highest BCUT2D eigenvalue weighted by molar-refractivity contribution is 5.98. The lowest BCUT2D eigenvalue weighted by Gasteiger charge is -2.31. The number of benzene rings is 1. The highest BCUT2D eigenvalue weighted by Crippen LogP contribution is 2.27. The van der Waals surface area contributed by atoms with Gasteiger partial charge in [-0.2, -0.15) is 0 Å². The fourth-order valence-electron chi connectivity index (χ4n) is 4.25. The van der Waals surface area contributed by atoms with Gasteiger partial charge in [0.05, 0.1) is 0 Å². The molecule has 3 rings (SSSR count). The second-order valence-corrected chi connectivity index (χ2v) is 8.25. The Balaban J connectivity index is 1.51. The zero-order chi connectivity index (χ0) is 19.9. The predicted molar refractivity (Wildman–Crippen MR) is 110 cm³/mol. The Labute approximate surface area is 167 Å². The topological polar surface area (TPSA) is 81.7 Å². The van der Waals surface area contributed by atoms with E-state index >= 15 is 0 Å². The minimum absolute atomic E-state index is 0.0710. The van der Waals surface area contributed by atoms with Crippen LogP contribution in [0.3, 0.4) is 0 Å².